The fourth-order valence-corrected chi connectivity index (χ4v) is 2.35. The molecular weight excluding hydrogens is 244 g/mol. The third-order valence-corrected chi connectivity index (χ3v) is 3.45. The molecule has 0 unspecified atom stereocenters. The van der Waals surface area contributed by atoms with Crippen molar-refractivity contribution in [2.75, 3.05) is 13.7 Å². The molecule has 1 aromatic rings. The lowest BCUT2D eigenvalue weighted by molar-refractivity contribution is -0.120. The maximum Gasteiger partial charge on any atom is 0.135 e. The Hall–Kier alpha value is -1.39. The number of hydrogen-bond donors (Lipinski definition) is 1. The zero-order valence-corrected chi connectivity index (χ0v) is 11.2. The Bertz CT molecular complexity index is 413. The zero-order chi connectivity index (χ0) is 13.7. The minimum absolute atomic E-state index is 0.0384. The van der Waals surface area contributed by atoms with Gasteiger partial charge in [0.05, 0.1) is 19.3 Å². The van der Waals surface area contributed by atoms with Crippen LogP contribution in [-0.4, -0.2) is 30.7 Å². The highest BCUT2D eigenvalue weighted by Crippen LogP contribution is 2.30. The molecule has 1 heterocycles. The summed E-state index contributed by atoms with van der Waals surface area (Å²) in [4.78, 5) is 11.8. The lowest BCUT2D eigenvalue weighted by Gasteiger charge is -2.21. The highest BCUT2D eigenvalue weighted by atomic mass is 16.5. The highest BCUT2D eigenvalue weighted by molar-refractivity contribution is 5.79. The minimum atomic E-state index is -0.211. The van der Waals surface area contributed by atoms with Gasteiger partial charge < -0.3 is 14.6 Å². The van der Waals surface area contributed by atoms with E-state index in [1.54, 1.807) is 7.11 Å². The predicted octanol–water partition coefficient (Wildman–Crippen LogP) is 2.26. The van der Waals surface area contributed by atoms with Crippen LogP contribution in [0.25, 0.3) is 0 Å². The number of hydrogen-bond acceptors (Lipinski definition) is 4. The largest absolute Gasteiger partial charge is 0.497 e. The second-order valence-electron chi connectivity index (χ2n) is 4.81. The van der Waals surface area contributed by atoms with Crippen LogP contribution in [0, 0.1) is 0 Å². The minimum Gasteiger partial charge on any atom is -0.497 e. The zero-order valence-electron chi connectivity index (χ0n) is 11.2. The molecule has 1 aliphatic heterocycles. The third kappa shape index (κ3) is 3.78. The quantitative estimate of drug-likeness (QED) is 0.906. The summed E-state index contributed by atoms with van der Waals surface area (Å²) in [7, 11) is 1.62. The summed E-state index contributed by atoms with van der Waals surface area (Å²) in [6.45, 7) is 0.0915. The molecule has 0 spiro atoms. The van der Waals surface area contributed by atoms with Gasteiger partial charge in [0.1, 0.15) is 11.5 Å². The van der Waals surface area contributed by atoms with Crippen molar-refractivity contribution in [2.24, 2.45) is 0 Å². The van der Waals surface area contributed by atoms with Gasteiger partial charge in [-0.25, -0.2) is 0 Å². The van der Waals surface area contributed by atoms with Crippen LogP contribution >= 0.6 is 0 Å². The summed E-state index contributed by atoms with van der Waals surface area (Å²) in [6, 6.07) is 7.60. The average Bonchev–Trinajstić information content (AvgIpc) is 2.62. The first-order valence-electron chi connectivity index (χ1n) is 6.65. The van der Waals surface area contributed by atoms with Gasteiger partial charge in [-0.1, -0.05) is 12.1 Å². The predicted molar refractivity (Wildman–Crippen MR) is 71.2 cm³/mol. The molecule has 1 saturated heterocycles. The summed E-state index contributed by atoms with van der Waals surface area (Å²) in [5.74, 6) is 1.01. The lowest BCUT2D eigenvalue weighted by atomic mass is 10.0. The third-order valence-electron chi connectivity index (χ3n) is 3.45. The van der Waals surface area contributed by atoms with Crippen molar-refractivity contribution < 1.29 is 19.4 Å². The van der Waals surface area contributed by atoms with E-state index in [0.29, 0.717) is 25.7 Å². The van der Waals surface area contributed by atoms with Crippen molar-refractivity contribution in [3.8, 4) is 5.75 Å². The second kappa shape index (κ2) is 6.68. The van der Waals surface area contributed by atoms with Crippen molar-refractivity contribution in [3.05, 3.63) is 29.8 Å². The van der Waals surface area contributed by atoms with Gasteiger partial charge in [0.25, 0.3) is 0 Å². The van der Waals surface area contributed by atoms with Gasteiger partial charge >= 0.3 is 0 Å². The van der Waals surface area contributed by atoms with Gasteiger partial charge in [0, 0.05) is 19.4 Å². The Morgan fingerprint density at radius 3 is 2.74 bits per heavy atom. The molecule has 1 aliphatic rings. The molecule has 1 aromatic carbocycles. The van der Waals surface area contributed by atoms with Crippen molar-refractivity contribution in [1.82, 2.24) is 0 Å². The molecular formula is C15H20O4. The molecule has 1 N–H and O–H groups in total. The van der Waals surface area contributed by atoms with Crippen LogP contribution in [0.1, 0.15) is 37.4 Å². The molecule has 4 nitrogen and oxygen atoms in total. The summed E-state index contributed by atoms with van der Waals surface area (Å²) < 4.78 is 11.1. The van der Waals surface area contributed by atoms with Gasteiger partial charge in [0.15, 0.2) is 0 Å². The van der Waals surface area contributed by atoms with Crippen LogP contribution in [0.2, 0.25) is 0 Å². The maximum atomic E-state index is 11.8. The fraction of sp³-hybridized carbons (Fsp3) is 0.533. The Kier molecular flexibility index (Phi) is 4.93. The van der Waals surface area contributed by atoms with E-state index in [1.165, 1.54) is 0 Å². The van der Waals surface area contributed by atoms with Gasteiger partial charge in [0.2, 0.25) is 0 Å². The number of benzene rings is 1. The lowest BCUT2D eigenvalue weighted by Crippen LogP contribution is -2.16. The SMILES string of the molecule is COc1ccc([C@@H]2CC(=O)CC[C@H](CCO)O2)cc1. The van der Waals surface area contributed by atoms with E-state index >= 15 is 0 Å². The van der Waals surface area contributed by atoms with Crippen LogP contribution < -0.4 is 4.74 Å². The van der Waals surface area contributed by atoms with E-state index in [4.69, 9.17) is 14.6 Å². The molecule has 0 bridgehead atoms. The normalized spacial score (nSPS) is 24.0. The number of carbonyl (C=O) groups excluding carboxylic acids is 1. The number of carbonyl (C=O) groups is 1. The van der Waals surface area contributed by atoms with E-state index in [2.05, 4.69) is 0 Å². The summed E-state index contributed by atoms with van der Waals surface area (Å²) in [5, 5.41) is 9.02. The number of methoxy groups -OCH3 is 1. The van der Waals surface area contributed by atoms with Crippen LogP contribution in [0.15, 0.2) is 24.3 Å². The van der Waals surface area contributed by atoms with Gasteiger partial charge in [-0.3, -0.25) is 4.79 Å². The van der Waals surface area contributed by atoms with Crippen LogP contribution in [0.4, 0.5) is 0 Å². The first-order valence-corrected chi connectivity index (χ1v) is 6.65. The number of ketones is 1. The van der Waals surface area contributed by atoms with Crippen LogP contribution in [0.5, 0.6) is 5.75 Å². The maximum absolute atomic E-state index is 11.8. The van der Waals surface area contributed by atoms with E-state index in [0.717, 1.165) is 11.3 Å². The first-order chi connectivity index (χ1) is 9.22. The molecule has 0 radical (unpaired) electrons. The Balaban J connectivity index is 2.12. The number of rotatable bonds is 4. The topological polar surface area (TPSA) is 55.8 Å². The Morgan fingerprint density at radius 2 is 2.11 bits per heavy atom. The fourth-order valence-electron chi connectivity index (χ4n) is 2.35. The summed E-state index contributed by atoms with van der Waals surface area (Å²) in [6.07, 6.45) is 1.98. The molecule has 0 aromatic heterocycles. The molecule has 1 fully saturated rings. The molecule has 2 rings (SSSR count). The van der Waals surface area contributed by atoms with E-state index in [-0.39, 0.29) is 24.6 Å². The molecule has 2 atom stereocenters. The molecule has 0 amide bonds. The second-order valence-corrected chi connectivity index (χ2v) is 4.81. The van der Waals surface area contributed by atoms with Gasteiger partial charge in [-0.05, 0) is 30.5 Å². The van der Waals surface area contributed by atoms with E-state index < -0.39 is 0 Å². The molecule has 104 valence electrons. The first kappa shape index (κ1) is 14.0. The highest BCUT2D eigenvalue weighted by Gasteiger charge is 2.25. The van der Waals surface area contributed by atoms with E-state index in [1.807, 2.05) is 24.3 Å². The van der Waals surface area contributed by atoms with Crippen molar-refractivity contribution >= 4 is 5.78 Å². The number of aliphatic hydroxyl groups is 1. The van der Waals surface area contributed by atoms with Crippen LogP contribution in [-0.2, 0) is 9.53 Å². The van der Waals surface area contributed by atoms with Crippen molar-refractivity contribution in [1.29, 1.82) is 0 Å². The van der Waals surface area contributed by atoms with Crippen molar-refractivity contribution in [3.63, 3.8) is 0 Å². The van der Waals surface area contributed by atoms with Crippen LogP contribution in [0.3, 0.4) is 0 Å². The van der Waals surface area contributed by atoms with Gasteiger partial charge in [-0.2, -0.15) is 0 Å². The molecule has 4 heteroatoms. The standard InChI is InChI=1S/C15H20O4/c1-18-13-5-2-11(3-6-13)15-10-12(17)4-7-14(19-15)8-9-16/h2-3,5-6,14-16H,4,7-10H2,1H3/t14-,15+/m1/s1. The average molecular weight is 264 g/mol. The Labute approximate surface area is 113 Å². The Morgan fingerprint density at radius 1 is 1.37 bits per heavy atom. The van der Waals surface area contributed by atoms with Crippen molar-refractivity contribution in [2.45, 2.75) is 37.9 Å². The molecule has 0 saturated carbocycles. The summed E-state index contributed by atoms with van der Waals surface area (Å²) >= 11 is 0. The number of aliphatic hydroxyl groups excluding tert-OH is 1. The summed E-state index contributed by atoms with van der Waals surface area (Å²) in [5.41, 5.74) is 0.985. The van der Waals surface area contributed by atoms with Gasteiger partial charge in [-0.15, -0.1) is 0 Å². The number of Topliss-reactive ketones (excluding diaryl/α,β-unsaturated/α-hetero) is 1. The molecule has 0 aliphatic carbocycles. The molecule has 19 heavy (non-hydrogen) atoms. The van der Waals surface area contributed by atoms with E-state index in [9.17, 15) is 4.79 Å². The monoisotopic (exact) mass is 264 g/mol. The number of ether oxygens (including phenoxy) is 2. The smallest absolute Gasteiger partial charge is 0.135 e.